The van der Waals surface area contributed by atoms with Crippen molar-refractivity contribution in [2.45, 2.75) is 13.5 Å². The minimum absolute atomic E-state index is 0.0454. The molecule has 0 aliphatic rings. The molecule has 7 nitrogen and oxygen atoms in total. The lowest BCUT2D eigenvalue weighted by Crippen LogP contribution is -2.22. The van der Waals surface area contributed by atoms with Gasteiger partial charge in [-0.2, -0.15) is 0 Å². The number of non-ortho nitro benzene ring substituents is 1. The average Bonchev–Trinajstić information content (AvgIpc) is 3.01. The molecule has 0 bridgehead atoms. The molecule has 0 saturated carbocycles. The van der Waals surface area contributed by atoms with Gasteiger partial charge in [0.25, 0.3) is 11.6 Å². The highest BCUT2D eigenvalue weighted by Crippen LogP contribution is 2.27. The number of benzene rings is 1. The lowest BCUT2D eigenvalue weighted by molar-refractivity contribution is -0.384. The van der Waals surface area contributed by atoms with E-state index in [0.717, 1.165) is 21.1 Å². The van der Waals surface area contributed by atoms with Gasteiger partial charge in [0.15, 0.2) is 0 Å². The van der Waals surface area contributed by atoms with Gasteiger partial charge >= 0.3 is 0 Å². The van der Waals surface area contributed by atoms with Crippen LogP contribution in [0.15, 0.2) is 48.8 Å². The zero-order chi connectivity index (χ0) is 17.8. The predicted molar refractivity (Wildman–Crippen MR) is 94.3 cm³/mol. The second-order valence-electron chi connectivity index (χ2n) is 5.26. The maximum atomic E-state index is 12.2. The molecule has 3 aromatic rings. The van der Waals surface area contributed by atoms with E-state index in [4.69, 9.17) is 0 Å². The molecular formula is C17H14N4O3S. The van der Waals surface area contributed by atoms with E-state index in [1.165, 1.54) is 35.6 Å². The number of carbonyl (C=O) groups is 1. The molecule has 1 amide bonds. The first-order valence-electron chi connectivity index (χ1n) is 7.44. The smallest absolute Gasteiger partial charge is 0.269 e. The second-order valence-corrected chi connectivity index (χ2v) is 6.34. The third kappa shape index (κ3) is 3.86. The zero-order valence-electron chi connectivity index (χ0n) is 13.3. The number of thiazole rings is 1. The molecule has 2 aromatic heterocycles. The van der Waals surface area contributed by atoms with Gasteiger partial charge in [0.1, 0.15) is 5.01 Å². The Bertz CT molecular complexity index is 907. The van der Waals surface area contributed by atoms with E-state index >= 15 is 0 Å². The van der Waals surface area contributed by atoms with Gasteiger partial charge in [-0.25, -0.2) is 4.98 Å². The van der Waals surface area contributed by atoms with Crippen LogP contribution in [-0.4, -0.2) is 20.8 Å². The van der Waals surface area contributed by atoms with Gasteiger partial charge in [0.2, 0.25) is 0 Å². The van der Waals surface area contributed by atoms with E-state index in [-0.39, 0.29) is 11.6 Å². The maximum Gasteiger partial charge on any atom is 0.269 e. The van der Waals surface area contributed by atoms with E-state index < -0.39 is 4.92 Å². The second kappa shape index (κ2) is 7.18. The van der Waals surface area contributed by atoms with Crippen LogP contribution >= 0.6 is 11.3 Å². The highest BCUT2D eigenvalue weighted by atomic mass is 32.1. The summed E-state index contributed by atoms with van der Waals surface area (Å²) in [6.07, 6.45) is 3.45. The van der Waals surface area contributed by atoms with Crippen LogP contribution in [-0.2, 0) is 6.54 Å². The van der Waals surface area contributed by atoms with Crippen LogP contribution in [0.25, 0.3) is 10.6 Å². The third-order valence-corrected chi connectivity index (χ3v) is 4.76. The molecule has 0 spiro atoms. The molecular weight excluding hydrogens is 340 g/mol. The Morgan fingerprint density at radius 3 is 2.68 bits per heavy atom. The zero-order valence-corrected chi connectivity index (χ0v) is 14.1. The number of hydrogen-bond donors (Lipinski definition) is 1. The fourth-order valence-corrected chi connectivity index (χ4v) is 3.19. The third-order valence-electron chi connectivity index (χ3n) is 3.55. The van der Waals surface area contributed by atoms with Crippen molar-refractivity contribution in [1.29, 1.82) is 0 Å². The van der Waals surface area contributed by atoms with Crippen molar-refractivity contribution in [3.63, 3.8) is 0 Å². The number of nitrogens with one attached hydrogen (secondary N) is 1. The number of nitro groups is 1. The first-order chi connectivity index (χ1) is 12.0. The molecule has 25 heavy (non-hydrogen) atoms. The van der Waals surface area contributed by atoms with Gasteiger partial charge in [-0.15, -0.1) is 11.3 Å². The van der Waals surface area contributed by atoms with E-state index in [0.29, 0.717) is 12.1 Å². The summed E-state index contributed by atoms with van der Waals surface area (Å²) in [5.41, 5.74) is 2.12. The number of hydrogen-bond acceptors (Lipinski definition) is 6. The van der Waals surface area contributed by atoms with Gasteiger partial charge in [-0.05, 0) is 31.2 Å². The average molecular weight is 354 g/mol. The summed E-state index contributed by atoms with van der Waals surface area (Å²) in [5.74, 6) is -0.286. The molecule has 3 rings (SSSR count). The number of carbonyl (C=O) groups excluding carboxylic acids is 1. The normalized spacial score (nSPS) is 10.4. The SMILES string of the molecule is Cc1nc(-c2cccnc2)sc1CNC(=O)c1ccc([N+](=O)[O-])cc1. The molecule has 0 aliphatic carbocycles. The van der Waals surface area contributed by atoms with Crippen molar-refractivity contribution in [3.8, 4) is 10.6 Å². The lowest BCUT2D eigenvalue weighted by atomic mass is 10.2. The van der Waals surface area contributed by atoms with Gasteiger partial charge in [0.05, 0.1) is 17.2 Å². The maximum absolute atomic E-state index is 12.2. The number of rotatable bonds is 5. The van der Waals surface area contributed by atoms with Crippen molar-refractivity contribution in [3.05, 3.63) is 75.0 Å². The summed E-state index contributed by atoms with van der Waals surface area (Å²) in [6.45, 7) is 2.24. The Morgan fingerprint density at radius 2 is 2.04 bits per heavy atom. The Hall–Kier alpha value is -3.13. The highest BCUT2D eigenvalue weighted by Gasteiger charge is 2.13. The molecule has 0 fully saturated rings. The summed E-state index contributed by atoms with van der Waals surface area (Å²) in [6, 6.07) is 9.29. The Labute approximate surface area is 147 Å². The molecule has 2 heterocycles. The van der Waals surface area contributed by atoms with Crippen LogP contribution in [0.1, 0.15) is 20.9 Å². The van der Waals surface area contributed by atoms with Crippen LogP contribution < -0.4 is 5.32 Å². The summed E-state index contributed by atoms with van der Waals surface area (Å²) >= 11 is 1.50. The van der Waals surface area contributed by atoms with Crippen molar-refractivity contribution < 1.29 is 9.72 Å². The van der Waals surface area contributed by atoms with Crippen molar-refractivity contribution >= 4 is 22.9 Å². The topological polar surface area (TPSA) is 98.0 Å². The summed E-state index contributed by atoms with van der Waals surface area (Å²) in [4.78, 5) is 31.9. The quantitative estimate of drug-likeness (QED) is 0.560. The van der Waals surface area contributed by atoms with Gasteiger partial charge in [-0.1, -0.05) is 0 Å². The fourth-order valence-electron chi connectivity index (χ4n) is 2.20. The lowest BCUT2D eigenvalue weighted by Gasteiger charge is -2.04. The van der Waals surface area contributed by atoms with Gasteiger partial charge < -0.3 is 5.32 Å². The summed E-state index contributed by atoms with van der Waals surface area (Å²) < 4.78 is 0. The Balaban J connectivity index is 1.68. The first-order valence-corrected chi connectivity index (χ1v) is 8.25. The molecule has 8 heteroatoms. The highest BCUT2D eigenvalue weighted by molar-refractivity contribution is 7.15. The van der Waals surface area contributed by atoms with Crippen LogP contribution in [0.4, 0.5) is 5.69 Å². The fraction of sp³-hybridized carbons (Fsp3) is 0.118. The van der Waals surface area contributed by atoms with Crippen LogP contribution in [0.3, 0.4) is 0 Å². The largest absolute Gasteiger partial charge is 0.347 e. The van der Waals surface area contributed by atoms with E-state index in [1.807, 2.05) is 19.1 Å². The molecule has 0 atom stereocenters. The monoisotopic (exact) mass is 354 g/mol. The van der Waals surface area contributed by atoms with Crippen LogP contribution in [0, 0.1) is 17.0 Å². The number of nitrogens with zero attached hydrogens (tertiary/aromatic N) is 3. The summed E-state index contributed by atoms with van der Waals surface area (Å²) in [5, 5.41) is 14.3. The first kappa shape index (κ1) is 16.7. The molecule has 0 saturated heterocycles. The van der Waals surface area contributed by atoms with E-state index in [2.05, 4.69) is 15.3 Å². The molecule has 0 radical (unpaired) electrons. The number of pyridine rings is 1. The van der Waals surface area contributed by atoms with Crippen LogP contribution in [0.5, 0.6) is 0 Å². The molecule has 0 aliphatic heterocycles. The standard InChI is InChI=1S/C17H14N4O3S/c1-11-15(25-17(20-11)13-3-2-8-18-9-13)10-19-16(22)12-4-6-14(7-5-12)21(23)24/h2-9H,10H2,1H3,(H,19,22). The number of aromatic nitrogens is 2. The van der Waals surface area contributed by atoms with E-state index in [9.17, 15) is 14.9 Å². The predicted octanol–water partition coefficient (Wildman–Crippen LogP) is 3.35. The van der Waals surface area contributed by atoms with Gasteiger partial charge in [-0.3, -0.25) is 19.9 Å². The Kier molecular flexibility index (Phi) is 4.80. The minimum Gasteiger partial charge on any atom is -0.347 e. The van der Waals surface area contributed by atoms with Crippen molar-refractivity contribution in [2.75, 3.05) is 0 Å². The number of amides is 1. The number of aryl methyl sites for hydroxylation is 1. The van der Waals surface area contributed by atoms with Crippen LogP contribution in [0.2, 0.25) is 0 Å². The van der Waals surface area contributed by atoms with Gasteiger partial charge in [0, 0.05) is 40.5 Å². The van der Waals surface area contributed by atoms with E-state index in [1.54, 1.807) is 12.4 Å². The van der Waals surface area contributed by atoms with Crippen molar-refractivity contribution in [1.82, 2.24) is 15.3 Å². The minimum atomic E-state index is -0.498. The number of nitro benzene ring substituents is 1. The Morgan fingerprint density at radius 1 is 1.28 bits per heavy atom. The molecule has 0 unspecified atom stereocenters. The molecule has 1 aromatic carbocycles. The summed E-state index contributed by atoms with van der Waals surface area (Å²) in [7, 11) is 0. The molecule has 126 valence electrons. The van der Waals surface area contributed by atoms with Crippen molar-refractivity contribution in [2.24, 2.45) is 0 Å². The molecule has 1 N–H and O–H groups in total.